The molecule has 0 atom stereocenters. The molecule has 0 saturated carbocycles. The van der Waals surface area contributed by atoms with Crippen LogP contribution in [0.15, 0.2) is 41.5 Å². The van der Waals surface area contributed by atoms with E-state index in [1.807, 2.05) is 30.3 Å². The van der Waals surface area contributed by atoms with E-state index in [0.717, 1.165) is 5.56 Å². The Balaban J connectivity index is 2.40. The molecule has 0 bridgehead atoms. The van der Waals surface area contributed by atoms with Crippen molar-refractivity contribution >= 4 is 5.52 Å². The molecule has 0 radical (unpaired) electrons. The summed E-state index contributed by atoms with van der Waals surface area (Å²) in [5, 5.41) is 4.14. The van der Waals surface area contributed by atoms with Gasteiger partial charge in [0.15, 0.2) is 11.3 Å². The van der Waals surface area contributed by atoms with E-state index in [4.69, 9.17) is 0 Å². The van der Waals surface area contributed by atoms with Gasteiger partial charge in [-0.1, -0.05) is 30.3 Å². The van der Waals surface area contributed by atoms with Crippen LogP contribution in [0.5, 0.6) is 0 Å². The number of hydrogen-bond donors (Lipinski definition) is 1. The molecule has 0 fully saturated rings. The molecule has 1 N–H and O–H groups in total. The van der Waals surface area contributed by atoms with Gasteiger partial charge in [-0.2, -0.15) is 5.10 Å². The van der Waals surface area contributed by atoms with E-state index in [1.54, 1.807) is 11.4 Å². The van der Waals surface area contributed by atoms with Gasteiger partial charge >= 0.3 is 0 Å². The third-order valence-electron chi connectivity index (χ3n) is 2.64. The Morgan fingerprint density at radius 2 is 2.00 bits per heavy atom. The maximum absolute atomic E-state index is 11.7. The van der Waals surface area contributed by atoms with E-state index in [1.165, 1.54) is 6.33 Å². The summed E-state index contributed by atoms with van der Waals surface area (Å²) in [6.07, 6.45) is 1.38. The number of benzene rings is 1. The molecule has 1 aromatic carbocycles. The highest BCUT2D eigenvalue weighted by molar-refractivity contribution is 5.63. The fourth-order valence-corrected chi connectivity index (χ4v) is 1.88. The number of imidazole rings is 1. The molecule has 84 valence electrons. The highest BCUT2D eigenvalue weighted by Gasteiger charge is 2.12. The summed E-state index contributed by atoms with van der Waals surface area (Å²) < 4.78 is 1.57. The second kappa shape index (κ2) is 3.55. The van der Waals surface area contributed by atoms with Gasteiger partial charge in [-0.25, -0.2) is 9.50 Å². The van der Waals surface area contributed by atoms with E-state index in [0.29, 0.717) is 17.0 Å². The third-order valence-corrected chi connectivity index (χ3v) is 2.64. The summed E-state index contributed by atoms with van der Waals surface area (Å²) in [5.74, 6) is 0.684. The minimum absolute atomic E-state index is 0.174. The molecule has 5 nitrogen and oxygen atoms in total. The van der Waals surface area contributed by atoms with Crippen LogP contribution in [0.1, 0.15) is 5.69 Å². The lowest BCUT2D eigenvalue weighted by Gasteiger charge is -1.98. The molecule has 0 saturated heterocycles. The number of aromatic nitrogens is 4. The molecule has 0 aliphatic heterocycles. The third kappa shape index (κ3) is 1.44. The maximum atomic E-state index is 11.7. The average molecular weight is 226 g/mol. The van der Waals surface area contributed by atoms with Crippen molar-refractivity contribution in [2.45, 2.75) is 6.92 Å². The van der Waals surface area contributed by atoms with Crippen molar-refractivity contribution in [3.8, 4) is 11.4 Å². The van der Waals surface area contributed by atoms with E-state index < -0.39 is 0 Å². The molecular weight excluding hydrogens is 216 g/mol. The van der Waals surface area contributed by atoms with Gasteiger partial charge in [-0.3, -0.25) is 4.79 Å². The predicted molar refractivity (Wildman–Crippen MR) is 63.8 cm³/mol. The van der Waals surface area contributed by atoms with Crippen molar-refractivity contribution in [3.05, 3.63) is 52.7 Å². The number of H-pyrrole nitrogens is 1. The summed E-state index contributed by atoms with van der Waals surface area (Å²) >= 11 is 0. The molecule has 2 aromatic heterocycles. The summed E-state index contributed by atoms with van der Waals surface area (Å²) in [6.45, 7) is 1.80. The van der Waals surface area contributed by atoms with Crippen LogP contribution in [-0.4, -0.2) is 19.6 Å². The Morgan fingerprint density at radius 1 is 1.24 bits per heavy atom. The van der Waals surface area contributed by atoms with Crippen molar-refractivity contribution in [3.63, 3.8) is 0 Å². The molecule has 5 heteroatoms. The Morgan fingerprint density at radius 3 is 2.76 bits per heavy atom. The first-order chi connectivity index (χ1) is 8.27. The molecule has 0 spiro atoms. The summed E-state index contributed by atoms with van der Waals surface area (Å²) in [5.41, 5.74) is 1.94. The number of nitrogens with zero attached hydrogens (tertiary/aromatic N) is 3. The predicted octanol–water partition coefficient (Wildman–Crippen LogP) is 1.39. The first-order valence-corrected chi connectivity index (χ1v) is 5.26. The van der Waals surface area contributed by atoms with Crippen LogP contribution in [0.3, 0.4) is 0 Å². The molecular formula is C12H10N4O. The molecule has 3 aromatic rings. The number of rotatable bonds is 1. The van der Waals surface area contributed by atoms with Crippen LogP contribution in [0, 0.1) is 6.92 Å². The van der Waals surface area contributed by atoms with Crippen LogP contribution < -0.4 is 5.56 Å². The second-order valence-electron chi connectivity index (χ2n) is 3.77. The van der Waals surface area contributed by atoms with E-state index in [-0.39, 0.29) is 5.56 Å². The van der Waals surface area contributed by atoms with Crippen molar-refractivity contribution in [1.82, 2.24) is 19.6 Å². The smallest absolute Gasteiger partial charge is 0.277 e. The zero-order valence-corrected chi connectivity index (χ0v) is 9.21. The van der Waals surface area contributed by atoms with E-state index in [2.05, 4.69) is 15.1 Å². The molecule has 0 aliphatic rings. The zero-order chi connectivity index (χ0) is 11.8. The van der Waals surface area contributed by atoms with Crippen LogP contribution in [-0.2, 0) is 0 Å². The Labute approximate surface area is 96.8 Å². The number of hydrogen-bond acceptors (Lipinski definition) is 3. The maximum Gasteiger partial charge on any atom is 0.277 e. The van der Waals surface area contributed by atoms with Crippen LogP contribution >= 0.6 is 0 Å². The lowest BCUT2D eigenvalue weighted by atomic mass is 10.2. The summed E-state index contributed by atoms with van der Waals surface area (Å²) in [4.78, 5) is 18.6. The van der Waals surface area contributed by atoms with E-state index >= 15 is 0 Å². The SMILES string of the molecule is Cc1nc(-c2ccccc2)n2nc[nH]c(=O)c12. The van der Waals surface area contributed by atoms with Gasteiger partial charge in [0, 0.05) is 5.56 Å². The quantitative estimate of drug-likeness (QED) is 0.682. The first kappa shape index (κ1) is 9.77. The number of aryl methyl sites for hydroxylation is 1. The minimum atomic E-state index is -0.174. The Bertz CT molecular complexity index is 727. The van der Waals surface area contributed by atoms with Crippen molar-refractivity contribution in [2.75, 3.05) is 0 Å². The summed E-state index contributed by atoms with van der Waals surface area (Å²) in [7, 11) is 0. The van der Waals surface area contributed by atoms with Crippen LogP contribution in [0.4, 0.5) is 0 Å². The van der Waals surface area contributed by atoms with Gasteiger partial charge in [-0.05, 0) is 6.92 Å². The number of nitrogens with one attached hydrogen (secondary N) is 1. The lowest BCUT2D eigenvalue weighted by Crippen LogP contribution is -2.11. The standard InChI is InChI=1S/C12H10N4O/c1-8-10-12(17)13-7-14-16(10)11(15-8)9-5-3-2-4-6-9/h2-7H,1H3,(H,13,14,17). The lowest BCUT2D eigenvalue weighted by molar-refractivity contribution is 0.887. The van der Waals surface area contributed by atoms with Gasteiger partial charge in [0.2, 0.25) is 0 Å². The normalized spacial score (nSPS) is 10.9. The van der Waals surface area contributed by atoms with Gasteiger partial charge in [-0.15, -0.1) is 0 Å². The van der Waals surface area contributed by atoms with Gasteiger partial charge in [0.1, 0.15) is 6.33 Å². The van der Waals surface area contributed by atoms with Gasteiger partial charge in [0.05, 0.1) is 5.69 Å². The highest BCUT2D eigenvalue weighted by Crippen LogP contribution is 2.18. The molecule has 2 heterocycles. The Kier molecular flexibility index (Phi) is 2.04. The molecule has 0 unspecified atom stereocenters. The molecule has 3 rings (SSSR count). The summed E-state index contributed by atoms with van der Waals surface area (Å²) in [6, 6.07) is 9.68. The first-order valence-electron chi connectivity index (χ1n) is 5.26. The Hall–Kier alpha value is -2.43. The van der Waals surface area contributed by atoms with Crippen molar-refractivity contribution in [1.29, 1.82) is 0 Å². The van der Waals surface area contributed by atoms with Crippen molar-refractivity contribution in [2.24, 2.45) is 0 Å². The number of aromatic amines is 1. The monoisotopic (exact) mass is 226 g/mol. The van der Waals surface area contributed by atoms with E-state index in [9.17, 15) is 4.79 Å². The van der Waals surface area contributed by atoms with Gasteiger partial charge in [0.25, 0.3) is 5.56 Å². The molecule has 0 amide bonds. The average Bonchev–Trinajstić information content (AvgIpc) is 2.69. The number of fused-ring (bicyclic) bond motifs is 1. The topological polar surface area (TPSA) is 63.1 Å². The van der Waals surface area contributed by atoms with Crippen molar-refractivity contribution < 1.29 is 0 Å². The highest BCUT2D eigenvalue weighted by atomic mass is 16.1. The molecule has 0 aliphatic carbocycles. The van der Waals surface area contributed by atoms with Crippen LogP contribution in [0.2, 0.25) is 0 Å². The second-order valence-corrected chi connectivity index (χ2v) is 3.77. The minimum Gasteiger partial charge on any atom is -0.310 e. The zero-order valence-electron chi connectivity index (χ0n) is 9.21. The molecule has 17 heavy (non-hydrogen) atoms. The largest absolute Gasteiger partial charge is 0.310 e. The fraction of sp³-hybridized carbons (Fsp3) is 0.0833. The van der Waals surface area contributed by atoms with Gasteiger partial charge < -0.3 is 4.98 Å². The van der Waals surface area contributed by atoms with Crippen LogP contribution in [0.25, 0.3) is 16.9 Å². The fourth-order valence-electron chi connectivity index (χ4n) is 1.88.